The van der Waals surface area contributed by atoms with E-state index in [9.17, 15) is 0 Å². The topological polar surface area (TPSA) is 64.3 Å². The van der Waals surface area contributed by atoms with Crippen molar-refractivity contribution in [2.45, 2.75) is 20.3 Å². The Morgan fingerprint density at radius 2 is 2.09 bits per heavy atom. The van der Waals surface area contributed by atoms with E-state index in [1.807, 2.05) is 22.7 Å². The maximum absolute atomic E-state index is 5.39. The Morgan fingerprint density at radius 1 is 1.22 bits per heavy atom. The van der Waals surface area contributed by atoms with Gasteiger partial charge >= 0.3 is 0 Å². The molecule has 23 heavy (non-hydrogen) atoms. The minimum absolute atomic E-state index is 0.663. The molecule has 0 saturated carbocycles. The van der Waals surface area contributed by atoms with Crippen LogP contribution in [0.3, 0.4) is 0 Å². The van der Waals surface area contributed by atoms with E-state index in [0.717, 1.165) is 35.7 Å². The van der Waals surface area contributed by atoms with Crippen LogP contribution in [-0.4, -0.2) is 33.2 Å². The largest absolute Gasteiger partial charge is 0.494 e. The standard InChI is InChI=1S/C17H21N5O/c1-12(2)6-9-19-16-4-5-17-20-10-14(22(17)21-16)13-7-8-18-11-15(13)23-3/h4-5,7-8,10-12H,6,9H2,1-3H3,(H,19,21). The van der Waals surface area contributed by atoms with Crippen LogP contribution in [0.5, 0.6) is 5.75 Å². The summed E-state index contributed by atoms with van der Waals surface area (Å²) in [5, 5.41) is 8.01. The van der Waals surface area contributed by atoms with Gasteiger partial charge in [0.2, 0.25) is 0 Å². The van der Waals surface area contributed by atoms with Crippen molar-refractivity contribution >= 4 is 11.5 Å². The summed E-state index contributed by atoms with van der Waals surface area (Å²) in [5.41, 5.74) is 2.60. The van der Waals surface area contributed by atoms with Crippen molar-refractivity contribution < 1.29 is 4.74 Å². The van der Waals surface area contributed by atoms with Crippen LogP contribution in [-0.2, 0) is 0 Å². The maximum atomic E-state index is 5.39. The smallest absolute Gasteiger partial charge is 0.154 e. The van der Waals surface area contributed by atoms with Gasteiger partial charge in [-0.2, -0.15) is 0 Å². The molecule has 0 fully saturated rings. The molecule has 0 aromatic carbocycles. The highest BCUT2D eigenvalue weighted by Gasteiger charge is 2.12. The Morgan fingerprint density at radius 3 is 2.87 bits per heavy atom. The van der Waals surface area contributed by atoms with Crippen LogP contribution in [0.4, 0.5) is 5.82 Å². The number of hydrogen-bond acceptors (Lipinski definition) is 5. The Bertz CT molecular complexity index is 797. The van der Waals surface area contributed by atoms with Crippen molar-refractivity contribution in [1.29, 1.82) is 0 Å². The summed E-state index contributed by atoms with van der Waals surface area (Å²) in [4.78, 5) is 8.51. The summed E-state index contributed by atoms with van der Waals surface area (Å²) < 4.78 is 7.22. The number of hydrogen-bond donors (Lipinski definition) is 1. The van der Waals surface area contributed by atoms with E-state index in [0.29, 0.717) is 11.7 Å². The molecular formula is C17H21N5O. The highest BCUT2D eigenvalue weighted by molar-refractivity contribution is 5.69. The van der Waals surface area contributed by atoms with Gasteiger partial charge in [-0.05, 0) is 30.5 Å². The number of nitrogens with one attached hydrogen (secondary N) is 1. The summed E-state index contributed by atoms with van der Waals surface area (Å²) in [6.07, 6.45) is 6.34. The fourth-order valence-corrected chi connectivity index (χ4v) is 2.39. The summed E-state index contributed by atoms with van der Waals surface area (Å²) in [7, 11) is 1.63. The Kier molecular flexibility index (Phi) is 4.41. The third kappa shape index (κ3) is 3.26. The molecule has 0 amide bonds. The molecule has 0 aliphatic rings. The first-order valence-corrected chi connectivity index (χ1v) is 7.76. The molecule has 6 heteroatoms. The van der Waals surface area contributed by atoms with Crippen molar-refractivity contribution in [1.82, 2.24) is 19.6 Å². The molecule has 0 radical (unpaired) electrons. The average molecular weight is 311 g/mol. The predicted molar refractivity (Wildman–Crippen MR) is 90.7 cm³/mol. The first-order chi connectivity index (χ1) is 11.2. The molecule has 0 saturated heterocycles. The van der Waals surface area contributed by atoms with Crippen molar-refractivity contribution in [3.63, 3.8) is 0 Å². The van der Waals surface area contributed by atoms with Crippen molar-refractivity contribution in [3.8, 4) is 17.0 Å². The zero-order valence-electron chi connectivity index (χ0n) is 13.7. The van der Waals surface area contributed by atoms with Gasteiger partial charge in [-0.15, -0.1) is 5.10 Å². The molecule has 6 nitrogen and oxygen atoms in total. The highest BCUT2D eigenvalue weighted by atomic mass is 16.5. The fraction of sp³-hybridized carbons (Fsp3) is 0.353. The monoisotopic (exact) mass is 311 g/mol. The van der Waals surface area contributed by atoms with Crippen LogP contribution in [0, 0.1) is 5.92 Å². The van der Waals surface area contributed by atoms with E-state index in [1.54, 1.807) is 25.7 Å². The van der Waals surface area contributed by atoms with Gasteiger partial charge in [0.1, 0.15) is 11.6 Å². The summed E-state index contributed by atoms with van der Waals surface area (Å²) in [6.45, 7) is 5.32. The molecular weight excluding hydrogens is 290 g/mol. The normalized spacial score (nSPS) is 11.1. The molecule has 3 rings (SSSR count). The SMILES string of the molecule is COc1cnccc1-c1cnc2ccc(NCCC(C)C)nn12. The van der Waals surface area contributed by atoms with Gasteiger partial charge in [0.15, 0.2) is 5.65 Å². The van der Waals surface area contributed by atoms with Crippen LogP contribution in [0.1, 0.15) is 20.3 Å². The number of nitrogens with zero attached hydrogens (tertiary/aromatic N) is 4. The second kappa shape index (κ2) is 6.64. The average Bonchev–Trinajstić information content (AvgIpc) is 2.97. The minimum Gasteiger partial charge on any atom is -0.494 e. The maximum Gasteiger partial charge on any atom is 0.154 e. The van der Waals surface area contributed by atoms with Gasteiger partial charge in [0.25, 0.3) is 0 Å². The first-order valence-electron chi connectivity index (χ1n) is 7.76. The van der Waals surface area contributed by atoms with Gasteiger partial charge in [0, 0.05) is 18.3 Å². The van der Waals surface area contributed by atoms with Crippen molar-refractivity contribution in [3.05, 3.63) is 36.8 Å². The van der Waals surface area contributed by atoms with Crippen LogP contribution in [0.25, 0.3) is 16.9 Å². The number of pyridine rings is 1. The lowest BCUT2D eigenvalue weighted by Gasteiger charge is -2.09. The number of aromatic nitrogens is 4. The minimum atomic E-state index is 0.663. The lowest BCUT2D eigenvalue weighted by Crippen LogP contribution is -2.08. The number of rotatable bonds is 6. The molecule has 3 heterocycles. The molecule has 0 bridgehead atoms. The van der Waals surface area contributed by atoms with E-state index in [2.05, 4.69) is 34.2 Å². The van der Waals surface area contributed by atoms with Gasteiger partial charge in [0.05, 0.1) is 25.2 Å². The van der Waals surface area contributed by atoms with Crippen molar-refractivity contribution in [2.24, 2.45) is 5.92 Å². The second-order valence-corrected chi connectivity index (χ2v) is 5.82. The summed E-state index contributed by atoms with van der Waals surface area (Å²) in [6, 6.07) is 5.82. The number of ether oxygens (including phenoxy) is 1. The Labute approximate surface area is 135 Å². The van der Waals surface area contributed by atoms with Crippen LogP contribution in [0.2, 0.25) is 0 Å². The van der Waals surface area contributed by atoms with E-state index in [1.165, 1.54) is 0 Å². The molecule has 3 aromatic rings. The molecule has 120 valence electrons. The molecule has 0 aliphatic carbocycles. The Hall–Kier alpha value is -2.63. The van der Waals surface area contributed by atoms with Crippen LogP contribution >= 0.6 is 0 Å². The lowest BCUT2D eigenvalue weighted by atomic mass is 10.1. The molecule has 3 aromatic heterocycles. The van der Waals surface area contributed by atoms with Gasteiger partial charge < -0.3 is 10.1 Å². The quantitative estimate of drug-likeness (QED) is 0.757. The van der Waals surface area contributed by atoms with Gasteiger partial charge in [-0.3, -0.25) is 4.98 Å². The third-order valence-corrected chi connectivity index (χ3v) is 3.67. The van der Waals surface area contributed by atoms with E-state index >= 15 is 0 Å². The van der Waals surface area contributed by atoms with Crippen LogP contribution < -0.4 is 10.1 Å². The second-order valence-electron chi connectivity index (χ2n) is 5.82. The predicted octanol–water partition coefficient (Wildman–Crippen LogP) is 3.26. The Balaban J connectivity index is 1.95. The molecule has 0 atom stereocenters. The zero-order chi connectivity index (χ0) is 16.2. The van der Waals surface area contributed by atoms with Gasteiger partial charge in [-0.1, -0.05) is 13.8 Å². The summed E-state index contributed by atoms with van der Waals surface area (Å²) in [5.74, 6) is 2.20. The highest BCUT2D eigenvalue weighted by Crippen LogP contribution is 2.29. The first kappa shape index (κ1) is 15.3. The summed E-state index contributed by atoms with van der Waals surface area (Å²) >= 11 is 0. The number of imidazole rings is 1. The van der Waals surface area contributed by atoms with E-state index in [4.69, 9.17) is 4.74 Å². The van der Waals surface area contributed by atoms with E-state index in [-0.39, 0.29) is 0 Å². The van der Waals surface area contributed by atoms with Crippen molar-refractivity contribution in [2.75, 3.05) is 19.0 Å². The molecule has 0 spiro atoms. The van der Waals surface area contributed by atoms with Gasteiger partial charge in [-0.25, -0.2) is 9.50 Å². The van der Waals surface area contributed by atoms with E-state index < -0.39 is 0 Å². The molecule has 0 unspecified atom stereocenters. The molecule has 1 N–H and O–H groups in total. The number of anilines is 1. The number of fused-ring (bicyclic) bond motifs is 1. The third-order valence-electron chi connectivity index (χ3n) is 3.67. The number of methoxy groups -OCH3 is 1. The fourth-order valence-electron chi connectivity index (χ4n) is 2.39. The zero-order valence-corrected chi connectivity index (χ0v) is 13.7. The lowest BCUT2D eigenvalue weighted by molar-refractivity contribution is 0.414. The molecule has 0 aliphatic heterocycles. The van der Waals surface area contributed by atoms with Crippen LogP contribution in [0.15, 0.2) is 36.8 Å².